The molecule has 26 heavy (non-hydrogen) atoms. The molecule has 2 amide bonds. The van der Waals surface area contributed by atoms with Crippen LogP contribution in [-0.4, -0.2) is 17.1 Å². The summed E-state index contributed by atoms with van der Waals surface area (Å²) in [5, 5.41) is 1.81. The Morgan fingerprint density at radius 2 is 1.85 bits per heavy atom. The Labute approximate surface area is 155 Å². The molecule has 0 atom stereocenters. The summed E-state index contributed by atoms with van der Waals surface area (Å²) < 4.78 is 5.43. The van der Waals surface area contributed by atoms with Crippen molar-refractivity contribution in [3.05, 3.63) is 70.1 Å². The van der Waals surface area contributed by atoms with E-state index in [1.165, 1.54) is 0 Å². The van der Waals surface area contributed by atoms with E-state index in [2.05, 4.69) is 19.2 Å². The zero-order chi connectivity index (χ0) is 18.7. The summed E-state index contributed by atoms with van der Waals surface area (Å²) in [5.74, 6) is -0.00904. The molecule has 1 aliphatic rings. The van der Waals surface area contributed by atoms with Crippen LogP contribution in [0.2, 0.25) is 0 Å². The molecule has 0 spiro atoms. The van der Waals surface area contributed by atoms with Crippen molar-refractivity contribution in [1.82, 2.24) is 5.32 Å². The standard InChI is InChI=1S/C20H17NO4S/c1-12(2)15-4-3-5-16(11-15)25-19(23)14-8-6-13(7-9-14)10-17-18(22)21-20(24)26-17/h3-12H,1-2H3,(H,21,22,24)/b17-10-. The third-order valence-corrected chi connectivity index (χ3v) is 4.63. The first-order chi connectivity index (χ1) is 12.4. The number of carbonyl (C=O) groups excluding carboxylic acids is 3. The number of carbonyl (C=O) groups is 3. The average molecular weight is 367 g/mol. The molecule has 0 radical (unpaired) electrons. The number of ether oxygens (including phenoxy) is 1. The zero-order valence-electron chi connectivity index (χ0n) is 14.3. The van der Waals surface area contributed by atoms with Gasteiger partial charge in [0.05, 0.1) is 10.5 Å². The lowest BCUT2D eigenvalue weighted by Gasteiger charge is -2.09. The van der Waals surface area contributed by atoms with E-state index in [-0.39, 0.29) is 5.24 Å². The van der Waals surface area contributed by atoms with E-state index in [0.717, 1.165) is 22.9 Å². The van der Waals surface area contributed by atoms with Crippen LogP contribution in [0.5, 0.6) is 5.75 Å². The van der Waals surface area contributed by atoms with Crippen LogP contribution < -0.4 is 10.1 Å². The lowest BCUT2D eigenvalue weighted by molar-refractivity contribution is -0.115. The van der Waals surface area contributed by atoms with Crippen molar-refractivity contribution in [2.75, 3.05) is 0 Å². The minimum absolute atomic E-state index is 0.329. The summed E-state index contributed by atoms with van der Waals surface area (Å²) >= 11 is 0.854. The number of nitrogens with one attached hydrogen (secondary N) is 1. The van der Waals surface area contributed by atoms with E-state index in [4.69, 9.17) is 4.74 Å². The monoisotopic (exact) mass is 367 g/mol. The van der Waals surface area contributed by atoms with Crippen LogP contribution in [0, 0.1) is 0 Å². The number of hydrogen-bond donors (Lipinski definition) is 1. The maximum absolute atomic E-state index is 12.3. The molecule has 132 valence electrons. The first-order valence-electron chi connectivity index (χ1n) is 8.09. The van der Waals surface area contributed by atoms with Gasteiger partial charge in [-0.3, -0.25) is 14.9 Å². The van der Waals surface area contributed by atoms with Crippen molar-refractivity contribution in [3.8, 4) is 5.75 Å². The number of imide groups is 1. The number of esters is 1. The van der Waals surface area contributed by atoms with E-state index in [9.17, 15) is 14.4 Å². The molecule has 2 aromatic carbocycles. The Bertz CT molecular complexity index is 900. The van der Waals surface area contributed by atoms with Crippen molar-refractivity contribution in [2.45, 2.75) is 19.8 Å². The molecule has 1 heterocycles. The van der Waals surface area contributed by atoms with E-state index in [1.54, 1.807) is 36.4 Å². The van der Waals surface area contributed by atoms with E-state index >= 15 is 0 Å². The molecule has 0 aromatic heterocycles. The topological polar surface area (TPSA) is 72.5 Å². The van der Waals surface area contributed by atoms with Crippen LogP contribution in [0.25, 0.3) is 6.08 Å². The Kier molecular flexibility index (Phi) is 5.23. The lowest BCUT2D eigenvalue weighted by atomic mass is 10.0. The summed E-state index contributed by atoms with van der Waals surface area (Å²) in [7, 11) is 0. The number of hydrogen-bond acceptors (Lipinski definition) is 5. The highest BCUT2D eigenvalue weighted by molar-refractivity contribution is 8.18. The smallest absolute Gasteiger partial charge is 0.343 e. The van der Waals surface area contributed by atoms with Crippen LogP contribution in [0.1, 0.15) is 41.3 Å². The summed E-state index contributed by atoms with van der Waals surface area (Å²) in [6, 6.07) is 14.1. The predicted molar refractivity (Wildman–Crippen MR) is 101 cm³/mol. The number of rotatable bonds is 4. The summed E-state index contributed by atoms with van der Waals surface area (Å²) in [6.45, 7) is 4.15. The van der Waals surface area contributed by atoms with Gasteiger partial charge in [-0.1, -0.05) is 38.1 Å². The minimum Gasteiger partial charge on any atom is -0.423 e. The molecule has 1 N–H and O–H groups in total. The van der Waals surface area contributed by atoms with Crippen LogP contribution >= 0.6 is 11.8 Å². The highest BCUT2D eigenvalue weighted by Crippen LogP contribution is 2.26. The first kappa shape index (κ1) is 17.9. The Balaban J connectivity index is 1.71. The van der Waals surface area contributed by atoms with E-state index in [0.29, 0.717) is 22.1 Å². The number of amides is 2. The fourth-order valence-corrected chi connectivity index (χ4v) is 3.07. The minimum atomic E-state index is -0.451. The second-order valence-electron chi connectivity index (χ2n) is 6.09. The molecule has 0 bridgehead atoms. The second-order valence-corrected chi connectivity index (χ2v) is 7.11. The quantitative estimate of drug-likeness (QED) is 0.494. The van der Waals surface area contributed by atoms with Gasteiger partial charge < -0.3 is 4.74 Å². The van der Waals surface area contributed by atoms with Crippen molar-refractivity contribution >= 4 is 35.0 Å². The van der Waals surface area contributed by atoms with E-state index < -0.39 is 11.9 Å². The molecular weight excluding hydrogens is 350 g/mol. The van der Waals surface area contributed by atoms with Gasteiger partial charge in [-0.15, -0.1) is 0 Å². The Morgan fingerprint density at radius 3 is 2.46 bits per heavy atom. The molecule has 6 heteroatoms. The van der Waals surface area contributed by atoms with Gasteiger partial charge in [0, 0.05) is 0 Å². The normalized spacial score (nSPS) is 15.4. The summed E-state index contributed by atoms with van der Waals surface area (Å²) in [4.78, 5) is 35.3. The third kappa shape index (κ3) is 4.21. The van der Waals surface area contributed by atoms with Crippen LogP contribution in [0.15, 0.2) is 53.4 Å². The molecule has 1 aliphatic heterocycles. The van der Waals surface area contributed by atoms with Gasteiger partial charge in [-0.2, -0.15) is 0 Å². The van der Waals surface area contributed by atoms with Gasteiger partial charge in [0.15, 0.2) is 0 Å². The summed E-state index contributed by atoms with van der Waals surface area (Å²) in [5.41, 5.74) is 2.22. The predicted octanol–water partition coefficient (Wildman–Crippen LogP) is 4.35. The average Bonchev–Trinajstić information content (AvgIpc) is 2.93. The highest BCUT2D eigenvalue weighted by Gasteiger charge is 2.24. The van der Waals surface area contributed by atoms with Crippen molar-refractivity contribution in [3.63, 3.8) is 0 Å². The van der Waals surface area contributed by atoms with Gasteiger partial charge in [0.1, 0.15) is 5.75 Å². The van der Waals surface area contributed by atoms with Crippen molar-refractivity contribution < 1.29 is 19.1 Å². The molecule has 2 aromatic rings. The molecule has 0 saturated carbocycles. The molecule has 0 unspecified atom stereocenters. The van der Waals surface area contributed by atoms with Gasteiger partial charge in [-0.05, 0) is 59.1 Å². The molecule has 1 fully saturated rings. The largest absolute Gasteiger partial charge is 0.423 e. The van der Waals surface area contributed by atoms with Crippen molar-refractivity contribution in [2.24, 2.45) is 0 Å². The van der Waals surface area contributed by atoms with Gasteiger partial charge in [0.2, 0.25) is 0 Å². The van der Waals surface area contributed by atoms with Crippen LogP contribution in [0.3, 0.4) is 0 Å². The highest BCUT2D eigenvalue weighted by atomic mass is 32.2. The maximum Gasteiger partial charge on any atom is 0.343 e. The Morgan fingerprint density at radius 1 is 1.12 bits per heavy atom. The van der Waals surface area contributed by atoms with E-state index in [1.807, 2.05) is 18.2 Å². The molecule has 1 saturated heterocycles. The fraction of sp³-hybridized carbons (Fsp3) is 0.150. The molecule has 0 aliphatic carbocycles. The van der Waals surface area contributed by atoms with Crippen LogP contribution in [-0.2, 0) is 4.79 Å². The lowest BCUT2D eigenvalue weighted by Crippen LogP contribution is -2.17. The summed E-state index contributed by atoms with van der Waals surface area (Å²) in [6.07, 6.45) is 1.60. The molecule has 3 rings (SSSR count). The molecular formula is C20H17NO4S. The fourth-order valence-electron chi connectivity index (χ4n) is 2.39. The third-order valence-electron chi connectivity index (χ3n) is 3.82. The number of benzene rings is 2. The first-order valence-corrected chi connectivity index (χ1v) is 8.91. The second kappa shape index (κ2) is 7.58. The van der Waals surface area contributed by atoms with Gasteiger partial charge >= 0.3 is 5.97 Å². The molecule has 5 nitrogen and oxygen atoms in total. The maximum atomic E-state index is 12.3. The Hall–Kier alpha value is -2.86. The number of thioether (sulfide) groups is 1. The van der Waals surface area contributed by atoms with Crippen LogP contribution in [0.4, 0.5) is 4.79 Å². The zero-order valence-corrected chi connectivity index (χ0v) is 15.1. The van der Waals surface area contributed by atoms with Gasteiger partial charge in [0.25, 0.3) is 11.1 Å². The SMILES string of the molecule is CC(C)c1cccc(OC(=O)c2ccc(/C=C3\SC(=O)NC3=O)cc2)c1. The van der Waals surface area contributed by atoms with Gasteiger partial charge in [-0.25, -0.2) is 4.79 Å². The van der Waals surface area contributed by atoms with Crippen molar-refractivity contribution in [1.29, 1.82) is 0 Å².